The van der Waals surface area contributed by atoms with Crippen molar-refractivity contribution in [2.75, 3.05) is 0 Å². The number of fused-ring (bicyclic) bond motifs is 3. The highest BCUT2D eigenvalue weighted by atomic mass is 16.1. The lowest BCUT2D eigenvalue weighted by molar-refractivity contribution is 0.0996. The normalized spacial score (nSPS) is 14.7. The van der Waals surface area contributed by atoms with Gasteiger partial charge in [0.25, 0.3) is 0 Å². The van der Waals surface area contributed by atoms with Gasteiger partial charge in [0.05, 0.1) is 16.6 Å². The lowest BCUT2D eigenvalue weighted by atomic mass is 9.98. The molecule has 0 saturated carbocycles. The molecule has 2 aromatic rings. The van der Waals surface area contributed by atoms with Crippen LogP contribution < -0.4 is 0 Å². The molecule has 0 atom stereocenters. The fraction of sp³-hybridized carbons (Fsp3) is 0. The van der Waals surface area contributed by atoms with Crippen LogP contribution in [0.25, 0.3) is 5.52 Å². The van der Waals surface area contributed by atoms with Crippen LogP contribution in [0.3, 0.4) is 0 Å². The van der Waals surface area contributed by atoms with E-state index in [4.69, 9.17) is 0 Å². The second kappa shape index (κ2) is 2.67. The van der Waals surface area contributed by atoms with E-state index in [-0.39, 0.29) is 11.6 Å². The van der Waals surface area contributed by atoms with Crippen molar-refractivity contribution in [3.05, 3.63) is 53.9 Å². The van der Waals surface area contributed by atoms with Crippen LogP contribution in [0.4, 0.5) is 0 Å². The van der Waals surface area contributed by atoms with E-state index in [1.807, 2.05) is 24.4 Å². The van der Waals surface area contributed by atoms with Gasteiger partial charge in [0.2, 0.25) is 0 Å². The molecule has 3 heteroatoms. The van der Waals surface area contributed by atoms with Crippen LogP contribution in [-0.2, 0) is 0 Å². The van der Waals surface area contributed by atoms with Crippen LogP contribution in [0.15, 0.2) is 42.7 Å². The Morgan fingerprint density at radius 1 is 1.00 bits per heavy atom. The highest BCUT2D eigenvalue weighted by Crippen LogP contribution is 2.23. The van der Waals surface area contributed by atoms with Gasteiger partial charge in [0.15, 0.2) is 11.6 Å². The molecule has 2 aromatic heterocycles. The average molecular weight is 197 g/mol. The van der Waals surface area contributed by atoms with Gasteiger partial charge in [-0.1, -0.05) is 6.07 Å². The molecule has 0 N–H and O–H groups in total. The van der Waals surface area contributed by atoms with E-state index in [0.717, 1.165) is 5.52 Å². The van der Waals surface area contributed by atoms with Gasteiger partial charge in [-0.25, -0.2) is 0 Å². The molecule has 0 spiro atoms. The number of hydrogen-bond acceptors (Lipinski definition) is 2. The third kappa shape index (κ3) is 1.00. The Labute approximate surface area is 85.6 Å². The Morgan fingerprint density at radius 2 is 1.80 bits per heavy atom. The zero-order valence-electron chi connectivity index (χ0n) is 7.81. The fourth-order valence-electron chi connectivity index (χ4n) is 1.89. The Balaban J connectivity index is 2.47. The van der Waals surface area contributed by atoms with E-state index < -0.39 is 0 Å². The van der Waals surface area contributed by atoms with Crippen LogP contribution in [0, 0.1) is 0 Å². The molecule has 1 aliphatic rings. The van der Waals surface area contributed by atoms with Crippen molar-refractivity contribution in [3.8, 4) is 0 Å². The smallest absolute Gasteiger partial charge is 0.188 e. The summed E-state index contributed by atoms with van der Waals surface area (Å²) >= 11 is 0. The van der Waals surface area contributed by atoms with E-state index in [1.54, 1.807) is 10.6 Å². The quantitative estimate of drug-likeness (QED) is 0.646. The molecule has 3 rings (SSSR count). The number of hydrogen-bond donors (Lipinski definition) is 0. The summed E-state index contributed by atoms with van der Waals surface area (Å²) in [7, 11) is 0. The second-order valence-electron chi connectivity index (χ2n) is 3.47. The van der Waals surface area contributed by atoms with Crippen molar-refractivity contribution in [3.63, 3.8) is 0 Å². The Kier molecular flexibility index (Phi) is 1.45. The first kappa shape index (κ1) is 8.17. The van der Waals surface area contributed by atoms with Gasteiger partial charge in [0, 0.05) is 12.4 Å². The topological polar surface area (TPSA) is 38.5 Å². The van der Waals surface area contributed by atoms with Crippen LogP contribution in [0.5, 0.6) is 0 Å². The van der Waals surface area contributed by atoms with Gasteiger partial charge in [-0.05, 0) is 24.3 Å². The largest absolute Gasteiger partial charge is 0.322 e. The molecule has 0 aromatic carbocycles. The Morgan fingerprint density at radius 3 is 2.67 bits per heavy atom. The molecule has 0 saturated heterocycles. The summed E-state index contributed by atoms with van der Waals surface area (Å²) in [5, 5.41) is 0. The van der Waals surface area contributed by atoms with Crippen molar-refractivity contribution in [1.29, 1.82) is 0 Å². The highest BCUT2D eigenvalue weighted by Gasteiger charge is 2.23. The predicted octanol–water partition coefficient (Wildman–Crippen LogP) is 1.87. The highest BCUT2D eigenvalue weighted by molar-refractivity contribution is 6.25. The van der Waals surface area contributed by atoms with E-state index in [1.165, 1.54) is 12.2 Å². The van der Waals surface area contributed by atoms with E-state index in [0.29, 0.717) is 11.1 Å². The summed E-state index contributed by atoms with van der Waals surface area (Å²) < 4.78 is 1.80. The minimum atomic E-state index is -0.103. The summed E-state index contributed by atoms with van der Waals surface area (Å²) in [6, 6.07) is 5.55. The molecule has 0 aliphatic heterocycles. The molecule has 0 fully saturated rings. The Hall–Kier alpha value is -2.16. The minimum Gasteiger partial charge on any atom is -0.322 e. The predicted molar refractivity (Wildman–Crippen MR) is 55.2 cm³/mol. The number of ketones is 2. The van der Waals surface area contributed by atoms with Crippen LogP contribution >= 0.6 is 0 Å². The average Bonchev–Trinajstić information content (AvgIpc) is 2.64. The summed E-state index contributed by atoms with van der Waals surface area (Å²) in [4.78, 5) is 23.2. The van der Waals surface area contributed by atoms with Gasteiger partial charge in [-0.15, -0.1) is 0 Å². The van der Waals surface area contributed by atoms with Crippen molar-refractivity contribution in [1.82, 2.24) is 4.40 Å². The van der Waals surface area contributed by atoms with Gasteiger partial charge in [0.1, 0.15) is 0 Å². The maximum atomic E-state index is 11.7. The van der Waals surface area contributed by atoms with Crippen LogP contribution in [0.1, 0.15) is 20.7 Å². The number of carbonyl (C=O) groups is 2. The van der Waals surface area contributed by atoms with Gasteiger partial charge >= 0.3 is 0 Å². The third-order valence-corrected chi connectivity index (χ3v) is 2.58. The first-order valence-electron chi connectivity index (χ1n) is 4.64. The lowest BCUT2D eigenvalue weighted by Gasteiger charge is -2.02. The molecule has 0 radical (unpaired) electrons. The van der Waals surface area contributed by atoms with Crippen LogP contribution in [0.2, 0.25) is 0 Å². The molecule has 0 bridgehead atoms. The van der Waals surface area contributed by atoms with Crippen molar-refractivity contribution < 1.29 is 9.59 Å². The summed E-state index contributed by atoms with van der Waals surface area (Å²) in [6.45, 7) is 0. The third-order valence-electron chi connectivity index (χ3n) is 2.58. The molecule has 15 heavy (non-hydrogen) atoms. The van der Waals surface area contributed by atoms with E-state index >= 15 is 0 Å². The molecule has 2 heterocycles. The molecular formula is C12H7NO2. The van der Waals surface area contributed by atoms with E-state index in [9.17, 15) is 9.59 Å². The Bertz CT molecular complexity index is 620. The van der Waals surface area contributed by atoms with Crippen molar-refractivity contribution >= 4 is 17.1 Å². The molecule has 1 aliphatic carbocycles. The minimum absolute atomic E-state index is 0.0988. The summed E-state index contributed by atoms with van der Waals surface area (Å²) in [5.74, 6) is -0.202. The number of pyridine rings is 1. The monoisotopic (exact) mass is 197 g/mol. The number of carbonyl (C=O) groups excluding carboxylic acids is 2. The number of allylic oxidation sites excluding steroid dienone is 2. The summed E-state index contributed by atoms with van der Waals surface area (Å²) in [5.41, 5.74) is 1.80. The van der Waals surface area contributed by atoms with Crippen LogP contribution in [-0.4, -0.2) is 16.0 Å². The van der Waals surface area contributed by atoms with Gasteiger partial charge < -0.3 is 4.40 Å². The molecule has 0 amide bonds. The maximum Gasteiger partial charge on any atom is 0.188 e. The molecule has 72 valence electrons. The zero-order valence-corrected chi connectivity index (χ0v) is 7.81. The molecular weight excluding hydrogens is 190 g/mol. The SMILES string of the molecule is O=C1C=CC(=O)c2c1cn1ccccc21. The number of aromatic nitrogens is 1. The first-order valence-corrected chi connectivity index (χ1v) is 4.64. The van der Waals surface area contributed by atoms with Gasteiger partial charge in [-0.3, -0.25) is 9.59 Å². The van der Waals surface area contributed by atoms with Gasteiger partial charge in [-0.2, -0.15) is 0 Å². The standard InChI is InChI=1S/C12H7NO2/c14-10-4-5-11(15)12-8(10)7-13-6-2-1-3-9(12)13/h1-7H. The first-order chi connectivity index (χ1) is 7.27. The fourth-order valence-corrected chi connectivity index (χ4v) is 1.89. The number of nitrogens with zero attached hydrogens (tertiary/aromatic N) is 1. The lowest BCUT2D eigenvalue weighted by Crippen LogP contribution is -2.08. The summed E-state index contributed by atoms with van der Waals surface area (Å²) in [6.07, 6.45) is 6.18. The molecule has 0 unspecified atom stereocenters. The second-order valence-corrected chi connectivity index (χ2v) is 3.47. The van der Waals surface area contributed by atoms with E-state index in [2.05, 4.69) is 0 Å². The zero-order chi connectivity index (χ0) is 10.4. The number of rotatable bonds is 0. The van der Waals surface area contributed by atoms with Crippen molar-refractivity contribution in [2.24, 2.45) is 0 Å². The van der Waals surface area contributed by atoms with Crippen molar-refractivity contribution in [2.45, 2.75) is 0 Å². The molecule has 3 nitrogen and oxygen atoms in total. The maximum absolute atomic E-state index is 11.7.